The highest BCUT2D eigenvalue weighted by Crippen LogP contribution is 2.37. The fraction of sp³-hybridized carbons (Fsp3) is 0.269. The highest BCUT2D eigenvalue weighted by atomic mass is 79.9. The van der Waals surface area contributed by atoms with Crippen molar-refractivity contribution >= 4 is 27.5 Å². The van der Waals surface area contributed by atoms with Crippen LogP contribution in [0.2, 0.25) is 0 Å². The number of rotatable bonds is 10. The number of methoxy groups -OCH3 is 1. The van der Waals surface area contributed by atoms with Crippen LogP contribution in [0, 0.1) is 11.7 Å². The van der Waals surface area contributed by atoms with Gasteiger partial charge in [0.05, 0.1) is 11.6 Å². The summed E-state index contributed by atoms with van der Waals surface area (Å²) in [6.45, 7) is 5.35. The Morgan fingerprint density at radius 2 is 1.88 bits per heavy atom. The monoisotopic (exact) mass is 514 g/mol. The summed E-state index contributed by atoms with van der Waals surface area (Å²) in [5.41, 5.74) is 2.86. The van der Waals surface area contributed by atoms with Crippen molar-refractivity contribution in [1.29, 1.82) is 0 Å². The SMILES string of the molecule is COc1cc(CNc2cccc(C(=O)NCC(C)C)c2)cc(Br)c1OCc1ccccc1F. The van der Waals surface area contributed by atoms with Crippen molar-refractivity contribution in [2.45, 2.75) is 27.0 Å². The molecule has 0 aliphatic heterocycles. The van der Waals surface area contributed by atoms with E-state index in [-0.39, 0.29) is 18.3 Å². The standard InChI is InChI=1S/C26H28BrFN2O3/c1-17(2)14-30-26(31)19-8-6-9-21(13-19)29-15-18-11-22(27)25(24(12-18)32-3)33-16-20-7-4-5-10-23(20)28/h4-13,17,29H,14-16H2,1-3H3,(H,30,31). The predicted octanol–water partition coefficient (Wildman–Crippen LogP) is 6.17. The third-order valence-corrected chi connectivity index (χ3v) is 5.50. The zero-order chi connectivity index (χ0) is 23.8. The molecule has 3 rings (SSSR count). The van der Waals surface area contributed by atoms with Gasteiger partial charge in [-0.1, -0.05) is 38.1 Å². The third kappa shape index (κ3) is 6.96. The quantitative estimate of drug-likeness (QED) is 0.339. The molecular weight excluding hydrogens is 487 g/mol. The summed E-state index contributed by atoms with van der Waals surface area (Å²) in [6.07, 6.45) is 0. The fourth-order valence-electron chi connectivity index (χ4n) is 3.15. The van der Waals surface area contributed by atoms with Gasteiger partial charge in [0, 0.05) is 29.9 Å². The molecule has 0 fully saturated rings. The molecular formula is C26H28BrFN2O3. The van der Waals surface area contributed by atoms with E-state index in [0.29, 0.717) is 46.1 Å². The van der Waals surface area contributed by atoms with Crippen molar-refractivity contribution in [3.63, 3.8) is 0 Å². The van der Waals surface area contributed by atoms with E-state index in [9.17, 15) is 9.18 Å². The van der Waals surface area contributed by atoms with E-state index >= 15 is 0 Å². The normalized spacial score (nSPS) is 10.7. The zero-order valence-electron chi connectivity index (χ0n) is 19.0. The van der Waals surface area contributed by atoms with Gasteiger partial charge >= 0.3 is 0 Å². The highest BCUT2D eigenvalue weighted by Gasteiger charge is 2.13. The van der Waals surface area contributed by atoms with Gasteiger partial charge in [0.2, 0.25) is 0 Å². The van der Waals surface area contributed by atoms with Gasteiger partial charge in [-0.15, -0.1) is 0 Å². The first kappa shape index (κ1) is 24.6. The first-order chi connectivity index (χ1) is 15.9. The molecule has 0 aromatic heterocycles. The summed E-state index contributed by atoms with van der Waals surface area (Å²) < 4.78 is 26.0. The molecule has 3 aromatic rings. The number of amides is 1. The van der Waals surface area contributed by atoms with Crippen LogP contribution in [0.15, 0.2) is 65.1 Å². The molecule has 0 radical (unpaired) electrons. The minimum absolute atomic E-state index is 0.0882. The van der Waals surface area contributed by atoms with Gasteiger partial charge in [-0.05, 0) is 63.8 Å². The highest BCUT2D eigenvalue weighted by molar-refractivity contribution is 9.10. The van der Waals surface area contributed by atoms with Gasteiger partial charge in [0.15, 0.2) is 11.5 Å². The summed E-state index contributed by atoms with van der Waals surface area (Å²) in [7, 11) is 1.56. The van der Waals surface area contributed by atoms with Gasteiger partial charge in [-0.25, -0.2) is 4.39 Å². The number of nitrogens with one attached hydrogen (secondary N) is 2. The number of hydrogen-bond donors (Lipinski definition) is 2. The first-order valence-electron chi connectivity index (χ1n) is 10.7. The van der Waals surface area contributed by atoms with Crippen LogP contribution in [0.1, 0.15) is 35.3 Å². The largest absolute Gasteiger partial charge is 0.493 e. The van der Waals surface area contributed by atoms with Crippen LogP contribution in [0.25, 0.3) is 0 Å². The summed E-state index contributed by atoms with van der Waals surface area (Å²) in [4.78, 5) is 12.3. The molecule has 0 unspecified atom stereocenters. The molecule has 2 N–H and O–H groups in total. The maximum absolute atomic E-state index is 13.9. The van der Waals surface area contributed by atoms with Crippen LogP contribution < -0.4 is 20.1 Å². The van der Waals surface area contributed by atoms with E-state index in [2.05, 4.69) is 40.4 Å². The van der Waals surface area contributed by atoms with E-state index < -0.39 is 0 Å². The lowest BCUT2D eigenvalue weighted by Crippen LogP contribution is -2.27. The topological polar surface area (TPSA) is 59.6 Å². The van der Waals surface area contributed by atoms with Crippen LogP contribution in [0.3, 0.4) is 0 Å². The number of hydrogen-bond acceptors (Lipinski definition) is 4. The summed E-state index contributed by atoms with van der Waals surface area (Å²) in [6, 6.07) is 17.7. The van der Waals surface area contributed by atoms with E-state index in [4.69, 9.17) is 9.47 Å². The average Bonchev–Trinajstić information content (AvgIpc) is 2.81. The molecule has 0 saturated carbocycles. The fourth-order valence-corrected chi connectivity index (χ4v) is 3.76. The molecule has 1 amide bonds. The van der Waals surface area contributed by atoms with E-state index in [1.54, 1.807) is 31.4 Å². The lowest BCUT2D eigenvalue weighted by atomic mass is 10.1. The Bertz CT molecular complexity index is 1100. The third-order valence-electron chi connectivity index (χ3n) is 4.91. The average molecular weight is 515 g/mol. The maximum atomic E-state index is 13.9. The van der Waals surface area contributed by atoms with Crippen LogP contribution >= 0.6 is 15.9 Å². The second-order valence-corrected chi connectivity index (χ2v) is 8.88. The van der Waals surface area contributed by atoms with Crippen molar-refractivity contribution in [2.75, 3.05) is 19.0 Å². The lowest BCUT2D eigenvalue weighted by molar-refractivity contribution is 0.0949. The Morgan fingerprint density at radius 1 is 1.09 bits per heavy atom. The zero-order valence-corrected chi connectivity index (χ0v) is 20.5. The smallest absolute Gasteiger partial charge is 0.251 e. The van der Waals surface area contributed by atoms with Gasteiger partial charge in [0.1, 0.15) is 12.4 Å². The Hall–Kier alpha value is -3.06. The lowest BCUT2D eigenvalue weighted by Gasteiger charge is -2.15. The Kier molecular flexibility index (Phi) is 8.72. The molecule has 0 bridgehead atoms. The number of anilines is 1. The van der Waals surface area contributed by atoms with Crippen LogP contribution in [0.5, 0.6) is 11.5 Å². The van der Waals surface area contributed by atoms with E-state index in [1.807, 2.05) is 30.3 Å². The summed E-state index contributed by atoms with van der Waals surface area (Å²) in [5.74, 6) is 1.04. The second kappa shape index (κ2) is 11.7. The summed E-state index contributed by atoms with van der Waals surface area (Å²) >= 11 is 3.54. The van der Waals surface area contributed by atoms with Gasteiger partial charge in [-0.3, -0.25) is 4.79 Å². The van der Waals surface area contributed by atoms with Crippen LogP contribution in [0.4, 0.5) is 10.1 Å². The van der Waals surface area contributed by atoms with Gasteiger partial charge in [-0.2, -0.15) is 0 Å². The number of halogens is 2. The number of benzene rings is 3. The minimum atomic E-state index is -0.312. The van der Waals surface area contributed by atoms with E-state index in [0.717, 1.165) is 11.3 Å². The van der Waals surface area contributed by atoms with Crippen molar-refractivity contribution in [3.8, 4) is 11.5 Å². The van der Waals surface area contributed by atoms with Gasteiger partial charge < -0.3 is 20.1 Å². The maximum Gasteiger partial charge on any atom is 0.251 e. The molecule has 7 heteroatoms. The first-order valence-corrected chi connectivity index (χ1v) is 11.5. The molecule has 0 spiro atoms. The molecule has 3 aromatic carbocycles. The Balaban J connectivity index is 1.67. The van der Waals surface area contributed by atoms with Gasteiger partial charge in [0.25, 0.3) is 5.91 Å². The molecule has 0 atom stereocenters. The van der Waals surface area contributed by atoms with Crippen molar-refractivity contribution in [3.05, 3.63) is 87.6 Å². The number of carbonyl (C=O) groups is 1. The summed E-state index contributed by atoms with van der Waals surface area (Å²) in [5, 5.41) is 6.27. The number of carbonyl (C=O) groups excluding carboxylic acids is 1. The molecule has 0 saturated heterocycles. The van der Waals surface area contributed by atoms with Crippen molar-refractivity contribution < 1.29 is 18.7 Å². The van der Waals surface area contributed by atoms with E-state index in [1.165, 1.54) is 6.07 Å². The molecule has 5 nitrogen and oxygen atoms in total. The van der Waals surface area contributed by atoms with Crippen LogP contribution in [-0.4, -0.2) is 19.6 Å². The van der Waals surface area contributed by atoms with Crippen LogP contribution in [-0.2, 0) is 13.2 Å². The molecule has 174 valence electrons. The van der Waals surface area contributed by atoms with Crippen molar-refractivity contribution in [1.82, 2.24) is 5.32 Å². The minimum Gasteiger partial charge on any atom is -0.493 e. The van der Waals surface area contributed by atoms with Crippen molar-refractivity contribution in [2.24, 2.45) is 5.92 Å². The Morgan fingerprint density at radius 3 is 2.61 bits per heavy atom. The molecule has 33 heavy (non-hydrogen) atoms. The molecule has 0 aliphatic rings. The number of ether oxygens (including phenoxy) is 2. The molecule has 0 aliphatic carbocycles. The second-order valence-electron chi connectivity index (χ2n) is 8.03. The Labute approximate surface area is 202 Å². The predicted molar refractivity (Wildman–Crippen MR) is 132 cm³/mol. The molecule has 0 heterocycles.